The van der Waals surface area contributed by atoms with Crippen LogP contribution in [0, 0.1) is 10.8 Å². The van der Waals surface area contributed by atoms with Gasteiger partial charge in [-0.2, -0.15) is 0 Å². The van der Waals surface area contributed by atoms with E-state index < -0.39 is 0 Å². The third-order valence-corrected chi connectivity index (χ3v) is 3.02. The van der Waals surface area contributed by atoms with Gasteiger partial charge in [0.05, 0.1) is 0 Å². The highest BCUT2D eigenvalue weighted by Gasteiger charge is 2.22. The van der Waals surface area contributed by atoms with E-state index in [2.05, 4.69) is 49.6 Å². The van der Waals surface area contributed by atoms with E-state index >= 15 is 0 Å². The van der Waals surface area contributed by atoms with Gasteiger partial charge < -0.3 is 15.3 Å². The summed E-state index contributed by atoms with van der Waals surface area (Å²) in [7, 11) is 2.17. The number of rotatable bonds is 3. The smallest absolute Gasteiger partial charge is 0.155 e. The minimum absolute atomic E-state index is 0.226. The number of hydrogen-bond acceptors (Lipinski definition) is 3. The maximum Gasteiger partial charge on any atom is 0.155 e. The first kappa shape index (κ1) is 12.9. The van der Waals surface area contributed by atoms with Crippen LogP contribution in [0.2, 0.25) is 0 Å². The van der Waals surface area contributed by atoms with Crippen molar-refractivity contribution in [1.82, 2.24) is 4.57 Å². The molecule has 96 valence electrons. The zero-order valence-electron chi connectivity index (χ0n) is 11.6. The van der Waals surface area contributed by atoms with Gasteiger partial charge in [0, 0.05) is 30.2 Å². The molecule has 2 heterocycles. The zero-order valence-corrected chi connectivity index (χ0v) is 11.6. The van der Waals surface area contributed by atoms with Crippen LogP contribution in [0.15, 0.2) is 11.1 Å². The van der Waals surface area contributed by atoms with Crippen LogP contribution in [0.3, 0.4) is 0 Å². The number of nitrogens with zero attached hydrogens (tertiary/aromatic N) is 2. The molecule has 1 aliphatic heterocycles. The van der Waals surface area contributed by atoms with Crippen molar-refractivity contribution in [2.45, 2.75) is 39.8 Å². The van der Waals surface area contributed by atoms with Crippen LogP contribution in [0.1, 0.15) is 32.0 Å². The maximum atomic E-state index is 7.33. The fraction of sp³-hybridized carbons (Fsp3) is 0.538. The predicted molar refractivity (Wildman–Crippen MR) is 79.9 cm³/mol. The van der Waals surface area contributed by atoms with Crippen molar-refractivity contribution in [3.8, 4) is 0 Å². The van der Waals surface area contributed by atoms with Crippen LogP contribution in [0.5, 0.6) is 0 Å². The Morgan fingerprint density at radius 3 is 2.83 bits per heavy atom. The molecule has 2 N–H and O–H groups in total. The highest BCUT2D eigenvalue weighted by molar-refractivity contribution is 6.08. The first-order valence-corrected chi connectivity index (χ1v) is 6.47. The molecule has 0 bridgehead atoms. The Hall–Kier alpha value is -1.52. The molecule has 4 nitrogen and oxygen atoms in total. The normalized spacial score (nSPS) is 18.3. The third-order valence-electron chi connectivity index (χ3n) is 3.02. The second-order valence-electron chi connectivity index (χ2n) is 5.97. The molecule has 0 fully saturated rings. The van der Waals surface area contributed by atoms with Crippen LogP contribution in [0.4, 0.5) is 5.82 Å². The van der Waals surface area contributed by atoms with Gasteiger partial charge in [-0.3, -0.25) is 4.99 Å². The molecule has 0 unspecified atom stereocenters. The molecule has 0 saturated carbocycles. The Morgan fingerprint density at radius 1 is 1.56 bits per heavy atom. The van der Waals surface area contributed by atoms with Gasteiger partial charge in [-0.1, -0.05) is 20.8 Å². The average molecular weight is 244 g/mol. The maximum absolute atomic E-state index is 7.33. The molecule has 0 spiro atoms. The molecular formula is C13H21BN4. The first-order valence-electron chi connectivity index (χ1n) is 6.47. The summed E-state index contributed by atoms with van der Waals surface area (Å²) in [4.78, 5) is 4.28. The van der Waals surface area contributed by atoms with E-state index in [1.807, 2.05) is 6.21 Å². The van der Waals surface area contributed by atoms with Gasteiger partial charge in [0.15, 0.2) is 6.17 Å². The molecule has 0 radical (unpaired) electrons. The molecule has 1 aliphatic rings. The molecule has 1 aromatic heterocycles. The molecule has 0 saturated heterocycles. The Kier molecular flexibility index (Phi) is 3.33. The average Bonchev–Trinajstić information content (AvgIpc) is 2.64. The van der Waals surface area contributed by atoms with Crippen molar-refractivity contribution >= 4 is 26.1 Å². The standard InChI is InChI=1S/C13H21BN4/c1-13(2,3)8-18-10(5-14)4-9-7-16-11(6-15)17-12(9)18/h4,6-7,11,15,17H,5,8,14H2,1-3H3/t11-/m1/s1. The van der Waals surface area contributed by atoms with Gasteiger partial charge in [0.1, 0.15) is 13.7 Å². The molecule has 5 heteroatoms. The summed E-state index contributed by atoms with van der Waals surface area (Å²) < 4.78 is 2.33. The van der Waals surface area contributed by atoms with Crippen molar-refractivity contribution in [3.63, 3.8) is 0 Å². The lowest BCUT2D eigenvalue weighted by Gasteiger charge is -2.25. The van der Waals surface area contributed by atoms with E-state index in [9.17, 15) is 0 Å². The number of nitrogens with one attached hydrogen (secondary N) is 2. The quantitative estimate of drug-likeness (QED) is 0.614. The Balaban J connectivity index is 2.42. The van der Waals surface area contributed by atoms with Crippen molar-refractivity contribution in [3.05, 3.63) is 17.3 Å². The lowest BCUT2D eigenvalue weighted by Crippen LogP contribution is -2.26. The number of fused-ring (bicyclic) bond motifs is 1. The predicted octanol–water partition coefficient (Wildman–Crippen LogP) is 1.49. The summed E-state index contributed by atoms with van der Waals surface area (Å²) in [5.41, 5.74) is 2.68. The van der Waals surface area contributed by atoms with E-state index in [1.165, 1.54) is 11.9 Å². The second-order valence-corrected chi connectivity index (χ2v) is 5.97. The Bertz CT molecular complexity index is 482. The molecule has 1 aromatic rings. The van der Waals surface area contributed by atoms with Crippen LogP contribution in [0.25, 0.3) is 0 Å². The Morgan fingerprint density at radius 2 is 2.28 bits per heavy atom. The van der Waals surface area contributed by atoms with Crippen LogP contribution < -0.4 is 5.32 Å². The fourth-order valence-corrected chi connectivity index (χ4v) is 2.26. The summed E-state index contributed by atoms with van der Waals surface area (Å²) in [6, 6.07) is 2.19. The van der Waals surface area contributed by atoms with Crippen molar-refractivity contribution in [1.29, 1.82) is 5.41 Å². The lowest BCUT2D eigenvalue weighted by molar-refractivity contribution is 0.342. The van der Waals surface area contributed by atoms with Crippen LogP contribution in [-0.2, 0) is 12.9 Å². The van der Waals surface area contributed by atoms with Gasteiger partial charge in [-0.25, -0.2) is 0 Å². The largest absolute Gasteiger partial charge is 0.345 e. The van der Waals surface area contributed by atoms with Crippen LogP contribution in [-0.4, -0.2) is 31.0 Å². The van der Waals surface area contributed by atoms with E-state index in [0.717, 1.165) is 24.2 Å². The minimum Gasteiger partial charge on any atom is -0.345 e. The molecule has 2 rings (SSSR count). The second kappa shape index (κ2) is 4.63. The SMILES string of the molecule is BCc1cc2c(n1CC(C)(C)C)N[C@H](C=N)N=C2. The topological polar surface area (TPSA) is 53.2 Å². The van der Waals surface area contributed by atoms with Crippen LogP contribution >= 0.6 is 0 Å². The summed E-state index contributed by atoms with van der Waals surface area (Å²) >= 11 is 0. The van der Waals surface area contributed by atoms with E-state index in [0.29, 0.717) is 0 Å². The zero-order chi connectivity index (χ0) is 13.3. The minimum atomic E-state index is -0.226. The van der Waals surface area contributed by atoms with Gasteiger partial charge in [-0.15, -0.1) is 0 Å². The summed E-state index contributed by atoms with van der Waals surface area (Å²) in [5, 5.41) is 10.6. The van der Waals surface area contributed by atoms with E-state index in [-0.39, 0.29) is 11.6 Å². The van der Waals surface area contributed by atoms with Gasteiger partial charge >= 0.3 is 0 Å². The highest BCUT2D eigenvalue weighted by Crippen LogP contribution is 2.28. The lowest BCUT2D eigenvalue weighted by atomic mass is 9.96. The number of aromatic nitrogens is 1. The summed E-state index contributed by atoms with van der Waals surface area (Å²) in [6.45, 7) is 7.69. The summed E-state index contributed by atoms with van der Waals surface area (Å²) in [6.07, 6.45) is 3.99. The highest BCUT2D eigenvalue weighted by atomic mass is 15.2. The number of anilines is 1. The summed E-state index contributed by atoms with van der Waals surface area (Å²) in [5.74, 6) is 1.10. The van der Waals surface area contributed by atoms with E-state index in [1.54, 1.807) is 0 Å². The number of hydrogen-bond donors (Lipinski definition) is 2. The van der Waals surface area contributed by atoms with E-state index in [4.69, 9.17) is 5.41 Å². The van der Waals surface area contributed by atoms with Gasteiger partial charge in [-0.05, 0) is 17.8 Å². The first-order chi connectivity index (χ1) is 8.44. The van der Waals surface area contributed by atoms with Crippen molar-refractivity contribution in [2.75, 3.05) is 5.32 Å². The fourth-order valence-electron chi connectivity index (χ4n) is 2.26. The molecule has 0 aromatic carbocycles. The molecule has 1 atom stereocenters. The Labute approximate surface area is 109 Å². The number of aliphatic imine (C=N–C) groups is 1. The third kappa shape index (κ3) is 2.50. The molecule has 18 heavy (non-hydrogen) atoms. The van der Waals surface area contributed by atoms with Crippen molar-refractivity contribution < 1.29 is 0 Å². The molecular weight excluding hydrogens is 223 g/mol. The molecule has 0 aliphatic carbocycles. The van der Waals surface area contributed by atoms with Gasteiger partial charge in [0.25, 0.3) is 0 Å². The van der Waals surface area contributed by atoms with Gasteiger partial charge in [0.2, 0.25) is 0 Å². The molecule has 0 amide bonds. The van der Waals surface area contributed by atoms with Crippen molar-refractivity contribution in [2.24, 2.45) is 10.4 Å². The monoisotopic (exact) mass is 244 g/mol.